The smallest absolute Gasteiger partial charge is 0.320 e. The van der Waals surface area contributed by atoms with Gasteiger partial charge in [-0.15, -0.1) is 0 Å². The summed E-state index contributed by atoms with van der Waals surface area (Å²) < 4.78 is 32.3. The molecule has 0 heterocycles. The highest BCUT2D eigenvalue weighted by atomic mass is 19.1. The average Bonchev–Trinajstić information content (AvgIpc) is 3.35. The molecule has 7 heteroatoms. The third-order valence-electron chi connectivity index (χ3n) is 4.03. The number of rotatable bonds is 9. The molecule has 138 valence electrons. The number of benzene rings is 1. The van der Waals surface area contributed by atoms with Gasteiger partial charge in [-0.1, -0.05) is 6.07 Å². The second-order valence-corrected chi connectivity index (χ2v) is 6.31. The SMILES string of the molecule is CCOC(=O)CN(CC(=O)NC(C)Cc1c(F)cccc1F)C1CC1. The lowest BCUT2D eigenvalue weighted by Crippen LogP contribution is -2.44. The van der Waals surface area contributed by atoms with Crippen LogP contribution in [0.4, 0.5) is 8.78 Å². The fourth-order valence-electron chi connectivity index (χ4n) is 2.72. The van der Waals surface area contributed by atoms with Crippen LogP contribution in [0.1, 0.15) is 32.3 Å². The fraction of sp³-hybridized carbons (Fsp3) is 0.556. The summed E-state index contributed by atoms with van der Waals surface area (Å²) in [5, 5.41) is 2.74. The minimum atomic E-state index is -0.622. The molecule has 1 unspecified atom stereocenters. The summed E-state index contributed by atoms with van der Waals surface area (Å²) in [5.41, 5.74) is -0.0409. The number of hydrogen-bond donors (Lipinski definition) is 1. The molecule has 1 saturated carbocycles. The summed E-state index contributed by atoms with van der Waals surface area (Å²) in [6.45, 7) is 3.86. The number of nitrogens with one attached hydrogen (secondary N) is 1. The van der Waals surface area contributed by atoms with E-state index < -0.39 is 17.7 Å². The quantitative estimate of drug-likeness (QED) is 0.690. The largest absolute Gasteiger partial charge is 0.465 e. The van der Waals surface area contributed by atoms with Crippen molar-refractivity contribution in [3.8, 4) is 0 Å². The monoisotopic (exact) mass is 354 g/mol. The van der Waals surface area contributed by atoms with E-state index in [9.17, 15) is 18.4 Å². The molecule has 1 N–H and O–H groups in total. The van der Waals surface area contributed by atoms with Crippen molar-refractivity contribution in [3.05, 3.63) is 35.4 Å². The van der Waals surface area contributed by atoms with E-state index in [1.54, 1.807) is 18.7 Å². The first-order valence-corrected chi connectivity index (χ1v) is 8.52. The van der Waals surface area contributed by atoms with Crippen LogP contribution in [-0.4, -0.2) is 48.6 Å². The lowest BCUT2D eigenvalue weighted by atomic mass is 10.1. The molecule has 1 aromatic carbocycles. The van der Waals surface area contributed by atoms with Crippen LogP contribution in [0.3, 0.4) is 0 Å². The lowest BCUT2D eigenvalue weighted by Gasteiger charge is -2.22. The molecule has 1 aliphatic rings. The Labute approximate surface area is 146 Å². The number of carbonyl (C=O) groups is 2. The number of nitrogens with zero attached hydrogens (tertiary/aromatic N) is 1. The molecule has 1 aromatic rings. The number of hydrogen-bond acceptors (Lipinski definition) is 4. The van der Waals surface area contributed by atoms with E-state index in [2.05, 4.69) is 5.32 Å². The Morgan fingerprint density at radius 2 is 1.92 bits per heavy atom. The van der Waals surface area contributed by atoms with Crippen LogP contribution in [0.2, 0.25) is 0 Å². The molecule has 0 radical (unpaired) electrons. The predicted molar refractivity (Wildman–Crippen MR) is 88.9 cm³/mol. The summed E-state index contributed by atoms with van der Waals surface area (Å²) >= 11 is 0. The minimum absolute atomic E-state index is 0.0409. The summed E-state index contributed by atoms with van der Waals surface area (Å²) in [5.74, 6) is -1.88. The Kier molecular flexibility index (Phi) is 6.87. The first-order chi connectivity index (χ1) is 11.9. The van der Waals surface area contributed by atoms with Gasteiger partial charge in [-0.2, -0.15) is 0 Å². The third-order valence-corrected chi connectivity index (χ3v) is 4.03. The van der Waals surface area contributed by atoms with Crippen LogP contribution in [0, 0.1) is 11.6 Å². The van der Waals surface area contributed by atoms with Crippen molar-refractivity contribution in [1.29, 1.82) is 0 Å². The van der Waals surface area contributed by atoms with Crippen molar-refractivity contribution in [2.45, 2.75) is 45.2 Å². The molecular formula is C18H24F2N2O3. The predicted octanol–water partition coefficient (Wildman–Crippen LogP) is 2.04. The molecule has 1 fully saturated rings. The molecule has 0 aliphatic heterocycles. The summed E-state index contributed by atoms with van der Waals surface area (Å²) in [4.78, 5) is 25.6. The minimum Gasteiger partial charge on any atom is -0.465 e. The number of carbonyl (C=O) groups excluding carboxylic acids is 2. The van der Waals surface area contributed by atoms with Gasteiger partial charge in [0.05, 0.1) is 19.7 Å². The Morgan fingerprint density at radius 1 is 1.28 bits per heavy atom. The highest BCUT2D eigenvalue weighted by molar-refractivity contribution is 5.79. The Bertz CT molecular complexity index is 600. The fourth-order valence-corrected chi connectivity index (χ4v) is 2.72. The molecule has 1 amide bonds. The number of esters is 1. The van der Waals surface area contributed by atoms with Gasteiger partial charge in [0.15, 0.2) is 0 Å². The van der Waals surface area contributed by atoms with Crippen molar-refractivity contribution in [3.63, 3.8) is 0 Å². The summed E-state index contributed by atoms with van der Waals surface area (Å²) in [7, 11) is 0. The van der Waals surface area contributed by atoms with Gasteiger partial charge in [0, 0.05) is 17.6 Å². The van der Waals surface area contributed by atoms with Gasteiger partial charge in [-0.3, -0.25) is 14.5 Å². The first-order valence-electron chi connectivity index (χ1n) is 8.52. The molecule has 2 rings (SSSR count). The zero-order chi connectivity index (χ0) is 18.4. The zero-order valence-electron chi connectivity index (χ0n) is 14.6. The van der Waals surface area contributed by atoms with E-state index in [1.165, 1.54) is 18.2 Å². The van der Waals surface area contributed by atoms with Gasteiger partial charge in [0.25, 0.3) is 0 Å². The van der Waals surface area contributed by atoms with E-state index in [4.69, 9.17) is 4.74 Å². The highest BCUT2D eigenvalue weighted by Crippen LogP contribution is 2.26. The van der Waals surface area contributed by atoms with Crippen molar-refractivity contribution in [1.82, 2.24) is 10.2 Å². The molecule has 5 nitrogen and oxygen atoms in total. The van der Waals surface area contributed by atoms with Crippen LogP contribution >= 0.6 is 0 Å². The molecule has 1 atom stereocenters. The molecule has 25 heavy (non-hydrogen) atoms. The van der Waals surface area contributed by atoms with Crippen molar-refractivity contribution in [2.24, 2.45) is 0 Å². The van der Waals surface area contributed by atoms with Gasteiger partial charge in [0.1, 0.15) is 11.6 Å². The Balaban J connectivity index is 1.86. The van der Waals surface area contributed by atoms with E-state index in [1.807, 2.05) is 0 Å². The van der Waals surface area contributed by atoms with E-state index in [-0.39, 0.29) is 43.0 Å². The highest BCUT2D eigenvalue weighted by Gasteiger charge is 2.32. The molecule has 0 aromatic heterocycles. The van der Waals surface area contributed by atoms with Gasteiger partial charge in [0.2, 0.25) is 5.91 Å². The molecular weight excluding hydrogens is 330 g/mol. The number of ether oxygens (including phenoxy) is 1. The maximum Gasteiger partial charge on any atom is 0.320 e. The van der Waals surface area contributed by atoms with E-state index in [0.29, 0.717) is 6.61 Å². The standard InChI is InChI=1S/C18H24F2N2O3/c1-3-25-18(24)11-22(13-7-8-13)10-17(23)21-12(2)9-14-15(19)5-4-6-16(14)20/h4-6,12-13H,3,7-11H2,1-2H3,(H,21,23). The van der Waals surface area contributed by atoms with Crippen LogP contribution in [-0.2, 0) is 20.7 Å². The number of halogens is 2. The maximum atomic E-state index is 13.7. The van der Waals surface area contributed by atoms with Crippen molar-refractivity contribution >= 4 is 11.9 Å². The second-order valence-electron chi connectivity index (χ2n) is 6.31. The third kappa shape index (κ3) is 6.08. The lowest BCUT2D eigenvalue weighted by molar-refractivity contribution is -0.144. The van der Waals surface area contributed by atoms with Crippen molar-refractivity contribution < 1.29 is 23.1 Å². The van der Waals surface area contributed by atoms with Crippen LogP contribution in [0.15, 0.2) is 18.2 Å². The normalized spacial score (nSPS) is 15.1. The molecule has 1 aliphatic carbocycles. The van der Waals surface area contributed by atoms with Crippen molar-refractivity contribution in [2.75, 3.05) is 19.7 Å². The Morgan fingerprint density at radius 3 is 2.48 bits per heavy atom. The van der Waals surface area contributed by atoms with E-state index >= 15 is 0 Å². The molecule has 0 spiro atoms. The average molecular weight is 354 g/mol. The maximum absolute atomic E-state index is 13.7. The van der Waals surface area contributed by atoms with E-state index in [0.717, 1.165) is 12.8 Å². The van der Waals surface area contributed by atoms with Crippen LogP contribution in [0.5, 0.6) is 0 Å². The molecule has 0 bridgehead atoms. The van der Waals surface area contributed by atoms with Crippen LogP contribution < -0.4 is 5.32 Å². The summed E-state index contributed by atoms with van der Waals surface area (Å²) in [6.07, 6.45) is 1.96. The van der Waals surface area contributed by atoms with Crippen LogP contribution in [0.25, 0.3) is 0 Å². The zero-order valence-corrected chi connectivity index (χ0v) is 14.6. The second kappa shape index (κ2) is 8.89. The Hall–Kier alpha value is -2.02. The molecule has 0 saturated heterocycles. The van der Waals surface area contributed by atoms with Gasteiger partial charge >= 0.3 is 5.97 Å². The topological polar surface area (TPSA) is 58.6 Å². The summed E-state index contributed by atoms with van der Waals surface area (Å²) in [6, 6.07) is 3.49. The van der Waals surface area contributed by atoms with Gasteiger partial charge in [-0.05, 0) is 45.2 Å². The first kappa shape index (κ1) is 19.3. The number of amides is 1. The van der Waals surface area contributed by atoms with Gasteiger partial charge in [-0.25, -0.2) is 8.78 Å². The van der Waals surface area contributed by atoms with Gasteiger partial charge < -0.3 is 10.1 Å².